The van der Waals surface area contributed by atoms with Gasteiger partial charge in [-0.1, -0.05) is 140 Å². The number of hydrogen-bond acceptors (Lipinski definition) is 17. The van der Waals surface area contributed by atoms with Crippen LogP contribution in [0.15, 0.2) is 171 Å². The Hall–Kier alpha value is -13.0. The third-order valence-corrected chi connectivity index (χ3v) is 28.1. The lowest BCUT2D eigenvalue weighted by atomic mass is 9.85. The van der Waals surface area contributed by atoms with Crippen LogP contribution in [0, 0.1) is 51.4 Å². The number of amides is 11. The number of nitrogens with one attached hydrogen (secondary N) is 5. The van der Waals surface area contributed by atoms with E-state index in [2.05, 4.69) is 171 Å². The first-order chi connectivity index (χ1) is 67.1. The molecule has 12 heterocycles. The van der Waals surface area contributed by atoms with Crippen molar-refractivity contribution in [2.45, 2.75) is 249 Å². The fraction of sp³-hybridized carbons (Fsp3) is 0.495. The van der Waals surface area contributed by atoms with Crippen molar-refractivity contribution in [3.8, 4) is 0 Å². The van der Waals surface area contributed by atoms with Gasteiger partial charge in [0.2, 0.25) is 23.6 Å². The highest BCUT2D eigenvalue weighted by atomic mass is 19.1. The largest absolute Gasteiger partial charge is 0.474 e. The number of rotatable bonds is 12. The van der Waals surface area contributed by atoms with Crippen molar-refractivity contribution < 1.29 is 68.4 Å². The van der Waals surface area contributed by atoms with Crippen LogP contribution in [0.3, 0.4) is 0 Å². The Balaban J connectivity index is 0.000000201. The number of piperidine rings is 8. The maximum absolute atomic E-state index is 13.3. The average molecular weight is 1940 g/mol. The van der Waals surface area contributed by atoms with E-state index < -0.39 is 54.5 Å². The molecule has 4 aromatic heterocycles. The molecule has 29 nitrogen and oxygen atoms in total. The summed E-state index contributed by atoms with van der Waals surface area (Å²) in [5, 5.41) is 22.3. The van der Waals surface area contributed by atoms with Gasteiger partial charge in [-0.05, 0) is 275 Å². The minimum absolute atomic E-state index is 0. The van der Waals surface area contributed by atoms with Crippen LogP contribution >= 0.6 is 0 Å². The normalized spacial score (nSPS) is 20.6. The molecule has 11 amide bonds. The van der Waals surface area contributed by atoms with E-state index in [1.807, 2.05) is 40.4 Å². The molecule has 30 heteroatoms. The van der Waals surface area contributed by atoms with Gasteiger partial charge in [0.1, 0.15) is 0 Å². The highest BCUT2D eigenvalue weighted by Gasteiger charge is 2.40. The van der Waals surface area contributed by atoms with Crippen molar-refractivity contribution in [2.75, 3.05) is 107 Å². The fourth-order valence-electron chi connectivity index (χ4n) is 20.3. The minimum atomic E-state index is -1.51. The second kappa shape index (κ2) is 54.1. The third kappa shape index (κ3) is 32.3. The molecule has 0 aliphatic carbocycles. The lowest BCUT2D eigenvalue weighted by molar-refractivity contribution is -0.147. The fourth-order valence-corrected chi connectivity index (χ4v) is 20.3. The molecule has 8 aliphatic heterocycles. The van der Waals surface area contributed by atoms with E-state index in [9.17, 15) is 61.9 Å². The topological polar surface area (TPSA) is 359 Å². The Labute approximate surface area is 834 Å². The van der Waals surface area contributed by atoms with E-state index in [0.29, 0.717) is 89.9 Å². The molecular formula is C111H149FN16O13. The second-order valence-electron chi connectivity index (χ2n) is 39.0. The number of anilines is 4. The molecule has 0 radical (unpaired) electrons. The maximum atomic E-state index is 13.3. The first kappa shape index (κ1) is 110. The Kier molecular flexibility index (Phi) is 42.2. The number of aryl methyl sites for hydroxylation is 4. The monoisotopic (exact) mass is 1930 g/mol. The van der Waals surface area contributed by atoms with E-state index in [1.165, 1.54) is 46.9 Å². The molecule has 0 saturated carbocycles. The van der Waals surface area contributed by atoms with Crippen molar-refractivity contribution in [1.82, 2.24) is 59.6 Å². The molecule has 0 bridgehead atoms. The third-order valence-electron chi connectivity index (χ3n) is 28.1. The van der Waals surface area contributed by atoms with Gasteiger partial charge in [-0.3, -0.25) is 77.1 Å². The number of halogens is 1. The zero-order chi connectivity index (χ0) is 101. The van der Waals surface area contributed by atoms with Crippen molar-refractivity contribution in [2.24, 2.45) is 23.7 Å². The molecule has 758 valence electrons. The number of alkyl halides is 1. The summed E-state index contributed by atoms with van der Waals surface area (Å²) >= 11 is 0. The lowest BCUT2D eigenvalue weighted by Gasteiger charge is -2.39. The van der Waals surface area contributed by atoms with E-state index in [-0.39, 0.29) is 56.6 Å². The molecular weight excluding hydrogens is 1780 g/mol. The van der Waals surface area contributed by atoms with Crippen LogP contribution in [0.5, 0.6) is 0 Å². The molecule has 8 atom stereocenters. The lowest BCUT2D eigenvalue weighted by Crippen LogP contribution is -2.46. The van der Waals surface area contributed by atoms with Crippen LogP contribution in [-0.4, -0.2) is 216 Å². The van der Waals surface area contributed by atoms with Crippen LogP contribution in [0.2, 0.25) is 0 Å². The zero-order valence-corrected chi connectivity index (χ0v) is 82.7. The molecule has 16 rings (SSSR count). The van der Waals surface area contributed by atoms with Gasteiger partial charge in [0, 0.05) is 131 Å². The number of aliphatic carboxylic acids is 1. The van der Waals surface area contributed by atoms with Gasteiger partial charge >= 0.3 is 47.3 Å². The Morgan fingerprint density at radius 2 is 0.567 bits per heavy atom. The SMILES string of the molecule is C.C.CC(=O)N1CCC(c2cccc(C3CCC(C)CN3)c2)CC1.CC(=O)N1CCC(c2cccc(C3CCC(C)CN3C(=O)C(=O)Nc3cncc(C)c3)c2)CC1.CC(=O)N1CCC(c2cccc([C@@H]3CC[C@@H](C)CN3C(=O)C(=O)Nc3cncc(C)c3)c2)CC1.CC(=O)N1CCC(c2cccc([C@H]3CC[C@H](C)CN3C(=O)C(=O)Nc3cncc(C)c3)c2)CC1.Cc1cncc(NC(=O)C(=O)O)c1.[2H]CF. The van der Waals surface area contributed by atoms with Gasteiger partial charge in [-0.15, -0.1) is 0 Å². The van der Waals surface area contributed by atoms with E-state index in [0.717, 1.165) is 194 Å². The van der Waals surface area contributed by atoms with Crippen molar-refractivity contribution in [1.29, 1.82) is 0 Å². The quantitative estimate of drug-likeness (QED) is 0.0619. The van der Waals surface area contributed by atoms with Gasteiger partial charge in [-0.25, -0.2) is 4.79 Å². The number of carbonyl (C=O) groups is 12. The molecule has 8 saturated heterocycles. The molecule has 4 aromatic carbocycles. The number of benzene rings is 4. The average Bonchev–Trinajstić information content (AvgIpc) is 0.799. The summed E-state index contributed by atoms with van der Waals surface area (Å²) in [5.74, 6) is -1.69. The van der Waals surface area contributed by atoms with Crippen LogP contribution in [0.1, 0.15) is 289 Å². The van der Waals surface area contributed by atoms with Gasteiger partial charge in [0.25, 0.3) is 0 Å². The molecule has 8 fully saturated rings. The first-order valence-corrected chi connectivity index (χ1v) is 49.2. The van der Waals surface area contributed by atoms with Crippen LogP contribution in [-0.2, 0) is 57.5 Å². The highest BCUT2D eigenvalue weighted by molar-refractivity contribution is 6.41. The summed E-state index contributed by atoms with van der Waals surface area (Å²) in [5.41, 5.74) is 15.5. The molecule has 6 N–H and O–H groups in total. The molecule has 0 spiro atoms. The highest BCUT2D eigenvalue weighted by Crippen LogP contribution is 2.42. The number of carboxylic acids is 1. The van der Waals surface area contributed by atoms with E-state index in [4.69, 9.17) is 6.48 Å². The summed E-state index contributed by atoms with van der Waals surface area (Å²) in [7, 11) is -1.00. The number of carbonyl (C=O) groups excluding carboxylic acids is 11. The maximum Gasteiger partial charge on any atom is 0.394 e. The van der Waals surface area contributed by atoms with Crippen molar-refractivity contribution in [3.05, 3.63) is 238 Å². The Morgan fingerprint density at radius 3 is 0.801 bits per heavy atom. The summed E-state index contributed by atoms with van der Waals surface area (Å²) < 4.78 is 15.5. The molecule has 141 heavy (non-hydrogen) atoms. The van der Waals surface area contributed by atoms with Crippen molar-refractivity contribution >= 4 is 93.7 Å². The summed E-state index contributed by atoms with van der Waals surface area (Å²) in [4.78, 5) is 175. The van der Waals surface area contributed by atoms with Gasteiger partial charge < -0.3 is 66.0 Å². The van der Waals surface area contributed by atoms with Crippen LogP contribution < -0.4 is 26.6 Å². The summed E-state index contributed by atoms with van der Waals surface area (Å²) in [6.45, 7) is 32.0. The Morgan fingerprint density at radius 1 is 0.333 bits per heavy atom. The number of pyridine rings is 4. The number of nitrogens with zero attached hydrogens (tertiary/aromatic N) is 11. The van der Waals surface area contributed by atoms with Crippen LogP contribution in [0.4, 0.5) is 27.1 Å². The Bertz CT molecular complexity index is 5190. The summed E-state index contributed by atoms with van der Waals surface area (Å²) in [6.07, 6.45) is 28.7. The van der Waals surface area contributed by atoms with Gasteiger partial charge in [-0.2, -0.15) is 0 Å². The first-order valence-electron chi connectivity index (χ1n) is 49.9. The van der Waals surface area contributed by atoms with Gasteiger partial charge in [0.15, 0.2) is 0 Å². The number of aromatic nitrogens is 4. The molecule has 8 aromatic rings. The molecule has 4 unspecified atom stereocenters. The smallest absolute Gasteiger partial charge is 0.394 e. The predicted octanol–water partition coefficient (Wildman–Crippen LogP) is 17.9. The predicted molar refractivity (Wildman–Crippen MR) is 549 cm³/mol. The van der Waals surface area contributed by atoms with E-state index >= 15 is 0 Å². The number of likely N-dealkylation sites (tertiary alicyclic amines) is 7. The van der Waals surface area contributed by atoms with Crippen LogP contribution in [0.25, 0.3) is 0 Å². The molecule has 8 aliphatic rings. The minimum Gasteiger partial charge on any atom is -0.474 e. The van der Waals surface area contributed by atoms with Gasteiger partial charge in [0.05, 0.1) is 74.2 Å². The summed E-state index contributed by atoms with van der Waals surface area (Å²) in [6, 6.07) is 41.8. The zero-order valence-electron chi connectivity index (χ0n) is 83.7. The van der Waals surface area contributed by atoms with Crippen molar-refractivity contribution in [3.63, 3.8) is 0 Å². The number of carboxylic acid groups (broad SMARTS) is 1. The van der Waals surface area contributed by atoms with E-state index in [1.54, 1.807) is 117 Å². The second-order valence-corrected chi connectivity index (χ2v) is 39.0. The number of hydrogen-bond donors (Lipinski definition) is 6. The standard InChI is InChI=1S/3C27H34N4O3.C19H28N2O.C8H8N2O3.CH3F.2CH4/c3*1-18-7-8-25(31(17-18)27(34)26(33)29-24-13-19(2)15-28-16-24)23-6-4-5-22(14-23)21-9-11-30(12-10-21)20(3)32;1-14-6-7-19(20-13-14)18-5-3-4-17(12-18)16-8-10-21(11-9-16)15(2)22;1-5-2-6(4-9-3-5)10-7(11)8(12)13;1-2;;/h3*4-6,13-16,18,21,25H,7-12,17H2,1-3H3,(H,29,33);3-5,12,14,16,19-20H,6-11,13H2,1-2H3;2-4H,1H3,(H,10,11)(H,12,13);1H3;2*1H4/t2*18-,25+;;;;;;/m10....../s1/i;;;;;1D;;.